The van der Waals surface area contributed by atoms with Crippen molar-refractivity contribution in [3.8, 4) is 0 Å². The monoisotopic (exact) mass is 210 g/mol. The number of aromatic nitrogens is 2. The zero-order valence-corrected chi connectivity index (χ0v) is 9.78. The highest BCUT2D eigenvalue weighted by atomic mass is 16.5. The molecular weight excluding hydrogens is 192 g/mol. The van der Waals surface area contributed by atoms with E-state index in [1.165, 1.54) is 0 Å². The van der Waals surface area contributed by atoms with Crippen molar-refractivity contribution < 1.29 is 9.53 Å². The standard InChI is InChI=1S/C11H18N2O2/c1-5-15-11(14)7-10(4)13-9(3)6-8(2)12-13/h6,10H,5,7H2,1-4H3. The fourth-order valence-electron chi connectivity index (χ4n) is 1.64. The van der Waals surface area contributed by atoms with Gasteiger partial charge in [-0.2, -0.15) is 5.10 Å². The number of carbonyl (C=O) groups is 1. The number of carbonyl (C=O) groups excluding carboxylic acids is 1. The summed E-state index contributed by atoms with van der Waals surface area (Å²) < 4.78 is 6.77. The number of aryl methyl sites for hydroxylation is 2. The van der Waals surface area contributed by atoms with Crippen molar-refractivity contribution in [1.29, 1.82) is 0 Å². The average Bonchev–Trinajstić information content (AvgIpc) is 2.45. The summed E-state index contributed by atoms with van der Waals surface area (Å²) in [6.45, 7) is 8.15. The highest BCUT2D eigenvalue weighted by Crippen LogP contribution is 2.14. The Kier molecular flexibility index (Phi) is 3.88. The highest BCUT2D eigenvalue weighted by Gasteiger charge is 2.14. The molecule has 4 heteroatoms. The molecule has 0 saturated heterocycles. The van der Waals surface area contributed by atoms with E-state index in [9.17, 15) is 4.79 Å². The van der Waals surface area contributed by atoms with Gasteiger partial charge in [0.1, 0.15) is 0 Å². The van der Waals surface area contributed by atoms with Gasteiger partial charge in [0, 0.05) is 5.69 Å². The van der Waals surface area contributed by atoms with Gasteiger partial charge in [-0.3, -0.25) is 9.48 Å². The quantitative estimate of drug-likeness (QED) is 0.714. The number of ether oxygens (including phenoxy) is 1. The third kappa shape index (κ3) is 3.08. The molecule has 1 rings (SSSR count). The van der Waals surface area contributed by atoms with Crippen molar-refractivity contribution in [3.63, 3.8) is 0 Å². The van der Waals surface area contributed by atoms with E-state index in [4.69, 9.17) is 4.74 Å². The number of hydrogen-bond acceptors (Lipinski definition) is 3. The molecule has 1 atom stereocenters. The van der Waals surface area contributed by atoms with Crippen LogP contribution in [-0.2, 0) is 9.53 Å². The Hall–Kier alpha value is -1.32. The van der Waals surface area contributed by atoms with Crippen LogP contribution < -0.4 is 0 Å². The molecule has 0 spiro atoms. The molecule has 15 heavy (non-hydrogen) atoms. The maximum Gasteiger partial charge on any atom is 0.307 e. The highest BCUT2D eigenvalue weighted by molar-refractivity contribution is 5.69. The lowest BCUT2D eigenvalue weighted by Crippen LogP contribution is -2.15. The zero-order chi connectivity index (χ0) is 11.4. The van der Waals surface area contributed by atoms with Crippen LogP contribution in [0.4, 0.5) is 0 Å². The lowest BCUT2D eigenvalue weighted by atomic mass is 10.2. The van der Waals surface area contributed by atoms with Crippen LogP contribution in [0.1, 0.15) is 37.7 Å². The predicted octanol–water partition coefficient (Wildman–Crippen LogP) is 2.01. The van der Waals surface area contributed by atoms with E-state index in [2.05, 4.69) is 5.10 Å². The molecule has 84 valence electrons. The number of rotatable bonds is 4. The first-order valence-corrected chi connectivity index (χ1v) is 5.23. The van der Waals surface area contributed by atoms with Gasteiger partial charge in [0.05, 0.1) is 24.8 Å². The molecule has 0 N–H and O–H groups in total. The Labute approximate surface area is 90.2 Å². The van der Waals surface area contributed by atoms with Crippen LogP contribution >= 0.6 is 0 Å². The third-order valence-electron chi connectivity index (χ3n) is 2.23. The molecule has 4 nitrogen and oxygen atoms in total. The Morgan fingerprint density at radius 3 is 2.73 bits per heavy atom. The van der Waals surface area contributed by atoms with E-state index in [0.717, 1.165) is 11.4 Å². The molecule has 0 aliphatic carbocycles. The van der Waals surface area contributed by atoms with Crippen LogP contribution in [0, 0.1) is 13.8 Å². The van der Waals surface area contributed by atoms with E-state index in [1.807, 2.05) is 38.4 Å². The molecule has 0 fully saturated rings. The number of esters is 1. The second-order valence-corrected chi connectivity index (χ2v) is 3.73. The van der Waals surface area contributed by atoms with Crippen molar-refractivity contribution in [1.82, 2.24) is 9.78 Å². The van der Waals surface area contributed by atoms with Crippen LogP contribution in [-0.4, -0.2) is 22.4 Å². The van der Waals surface area contributed by atoms with Crippen molar-refractivity contribution in [3.05, 3.63) is 17.5 Å². The van der Waals surface area contributed by atoms with Crippen LogP contribution in [0.3, 0.4) is 0 Å². The van der Waals surface area contributed by atoms with E-state index < -0.39 is 0 Å². The van der Waals surface area contributed by atoms with Gasteiger partial charge >= 0.3 is 5.97 Å². The maximum absolute atomic E-state index is 11.3. The SMILES string of the molecule is CCOC(=O)CC(C)n1nc(C)cc1C. The second kappa shape index (κ2) is 4.96. The Morgan fingerprint density at radius 2 is 2.27 bits per heavy atom. The topological polar surface area (TPSA) is 44.1 Å². The van der Waals surface area contributed by atoms with Gasteiger partial charge in [0.25, 0.3) is 0 Å². The molecule has 1 unspecified atom stereocenters. The molecule has 0 saturated carbocycles. The van der Waals surface area contributed by atoms with Crippen molar-refractivity contribution in [2.75, 3.05) is 6.61 Å². The van der Waals surface area contributed by atoms with Crippen molar-refractivity contribution in [2.24, 2.45) is 0 Å². The summed E-state index contributed by atoms with van der Waals surface area (Å²) in [6, 6.07) is 2.06. The minimum atomic E-state index is -0.169. The van der Waals surface area contributed by atoms with Crippen LogP contribution in [0.25, 0.3) is 0 Å². The lowest BCUT2D eigenvalue weighted by Gasteiger charge is -2.13. The van der Waals surface area contributed by atoms with Gasteiger partial charge in [-0.05, 0) is 33.8 Å². The number of hydrogen-bond donors (Lipinski definition) is 0. The molecule has 0 bridgehead atoms. The first-order valence-electron chi connectivity index (χ1n) is 5.23. The van der Waals surface area contributed by atoms with Gasteiger partial charge < -0.3 is 4.74 Å². The summed E-state index contributed by atoms with van der Waals surface area (Å²) in [5.74, 6) is -0.169. The molecule has 0 aliphatic rings. The third-order valence-corrected chi connectivity index (χ3v) is 2.23. The molecule has 0 radical (unpaired) electrons. The second-order valence-electron chi connectivity index (χ2n) is 3.73. The normalized spacial score (nSPS) is 12.5. The first-order chi connectivity index (χ1) is 7.04. The molecule has 1 aromatic rings. The summed E-state index contributed by atoms with van der Waals surface area (Å²) in [5.41, 5.74) is 2.05. The molecule has 0 amide bonds. The Balaban J connectivity index is 2.64. The summed E-state index contributed by atoms with van der Waals surface area (Å²) in [7, 11) is 0. The smallest absolute Gasteiger partial charge is 0.307 e. The van der Waals surface area contributed by atoms with Gasteiger partial charge in [0.2, 0.25) is 0 Å². The van der Waals surface area contributed by atoms with Gasteiger partial charge in [-0.15, -0.1) is 0 Å². The lowest BCUT2D eigenvalue weighted by molar-refractivity contribution is -0.143. The maximum atomic E-state index is 11.3. The predicted molar refractivity (Wildman–Crippen MR) is 57.7 cm³/mol. The van der Waals surface area contributed by atoms with Crippen molar-refractivity contribution >= 4 is 5.97 Å². The van der Waals surface area contributed by atoms with Gasteiger partial charge in [-0.25, -0.2) is 0 Å². The van der Waals surface area contributed by atoms with Gasteiger partial charge in [-0.1, -0.05) is 0 Å². The fraction of sp³-hybridized carbons (Fsp3) is 0.636. The number of nitrogens with zero attached hydrogens (tertiary/aromatic N) is 2. The largest absolute Gasteiger partial charge is 0.466 e. The van der Waals surface area contributed by atoms with Crippen molar-refractivity contribution in [2.45, 2.75) is 40.2 Å². The average molecular weight is 210 g/mol. The van der Waals surface area contributed by atoms with Crippen LogP contribution in [0.15, 0.2) is 6.07 Å². The Morgan fingerprint density at radius 1 is 1.60 bits per heavy atom. The van der Waals surface area contributed by atoms with Gasteiger partial charge in [0.15, 0.2) is 0 Å². The van der Waals surface area contributed by atoms with Crippen LogP contribution in [0.5, 0.6) is 0 Å². The first kappa shape index (κ1) is 11.8. The van der Waals surface area contributed by atoms with E-state index >= 15 is 0 Å². The minimum Gasteiger partial charge on any atom is -0.466 e. The summed E-state index contributed by atoms with van der Waals surface area (Å²) in [6.07, 6.45) is 0.371. The molecule has 0 aliphatic heterocycles. The molecule has 0 aromatic carbocycles. The molecule has 1 heterocycles. The zero-order valence-electron chi connectivity index (χ0n) is 9.78. The van der Waals surface area contributed by atoms with E-state index in [-0.39, 0.29) is 12.0 Å². The Bertz CT molecular complexity index is 344. The summed E-state index contributed by atoms with van der Waals surface area (Å²) in [5, 5.41) is 4.33. The minimum absolute atomic E-state index is 0.0535. The fourth-order valence-corrected chi connectivity index (χ4v) is 1.64. The van der Waals surface area contributed by atoms with E-state index in [1.54, 1.807) is 0 Å². The summed E-state index contributed by atoms with van der Waals surface area (Å²) >= 11 is 0. The molecular formula is C11H18N2O2. The molecule has 1 aromatic heterocycles. The summed E-state index contributed by atoms with van der Waals surface area (Å²) in [4.78, 5) is 11.3. The van der Waals surface area contributed by atoms with E-state index in [0.29, 0.717) is 13.0 Å². The van der Waals surface area contributed by atoms with Crippen LogP contribution in [0.2, 0.25) is 0 Å².